The molecule has 0 aromatic heterocycles. The summed E-state index contributed by atoms with van der Waals surface area (Å²) in [6.07, 6.45) is 0.218. The minimum atomic E-state index is -3.73. The monoisotopic (exact) mass is 448 g/mol. The summed E-state index contributed by atoms with van der Waals surface area (Å²) in [7, 11) is -2.17. The lowest BCUT2D eigenvalue weighted by Gasteiger charge is -2.15. The van der Waals surface area contributed by atoms with Gasteiger partial charge in [-0.15, -0.1) is 11.8 Å². The van der Waals surface area contributed by atoms with Crippen LogP contribution < -0.4 is 15.4 Å². The van der Waals surface area contributed by atoms with E-state index in [2.05, 4.69) is 10.6 Å². The van der Waals surface area contributed by atoms with Crippen LogP contribution in [0.2, 0.25) is 0 Å². The molecule has 30 heavy (non-hydrogen) atoms. The van der Waals surface area contributed by atoms with Crippen molar-refractivity contribution in [3.63, 3.8) is 0 Å². The van der Waals surface area contributed by atoms with Crippen LogP contribution in [-0.4, -0.2) is 38.3 Å². The maximum Gasteiger partial charge on any atom is 0.225 e. The predicted octanol–water partition coefficient (Wildman–Crippen LogP) is 3.00. The van der Waals surface area contributed by atoms with Gasteiger partial charge in [0, 0.05) is 30.0 Å². The number of methoxy groups -OCH3 is 1. The van der Waals surface area contributed by atoms with Gasteiger partial charge in [0.2, 0.25) is 11.8 Å². The van der Waals surface area contributed by atoms with Crippen molar-refractivity contribution in [1.29, 1.82) is 0 Å². The van der Waals surface area contributed by atoms with E-state index in [0.29, 0.717) is 23.6 Å². The first-order valence-electron chi connectivity index (χ1n) is 9.50. The summed E-state index contributed by atoms with van der Waals surface area (Å²) in [6, 6.07) is 12.0. The zero-order valence-corrected chi connectivity index (χ0v) is 18.4. The molecule has 9 heteroatoms. The second-order valence-corrected chi connectivity index (χ2v) is 10.5. The number of hydrogen-bond donors (Lipinski definition) is 2. The molecule has 0 spiro atoms. The Labute approximate surface area is 180 Å². The molecular weight excluding hydrogens is 424 g/mol. The van der Waals surface area contributed by atoms with Gasteiger partial charge in [-0.25, -0.2) is 8.42 Å². The Kier molecular flexibility index (Phi) is 7.04. The number of carbonyl (C=O) groups is 2. The molecule has 3 rings (SSSR count). The highest BCUT2D eigenvalue weighted by Gasteiger charge is 2.27. The molecule has 160 valence electrons. The van der Waals surface area contributed by atoms with Gasteiger partial charge in [-0.1, -0.05) is 12.1 Å². The van der Waals surface area contributed by atoms with Crippen LogP contribution in [0.3, 0.4) is 0 Å². The number of carbonyl (C=O) groups excluding carboxylic acids is 2. The van der Waals surface area contributed by atoms with Crippen molar-refractivity contribution in [2.75, 3.05) is 18.2 Å². The summed E-state index contributed by atoms with van der Waals surface area (Å²) in [6.45, 7) is 1.80. The van der Waals surface area contributed by atoms with E-state index >= 15 is 0 Å². The molecule has 1 unspecified atom stereocenters. The van der Waals surface area contributed by atoms with E-state index in [0.717, 1.165) is 10.5 Å². The lowest BCUT2D eigenvalue weighted by Crippen LogP contribution is -2.29. The van der Waals surface area contributed by atoms with Crippen LogP contribution in [0, 0.1) is 0 Å². The van der Waals surface area contributed by atoms with Gasteiger partial charge >= 0.3 is 0 Å². The first-order chi connectivity index (χ1) is 14.3. The van der Waals surface area contributed by atoms with Crippen LogP contribution in [0.15, 0.2) is 52.3 Å². The van der Waals surface area contributed by atoms with Gasteiger partial charge in [0.15, 0.2) is 9.84 Å². The maximum atomic E-state index is 13.0. The summed E-state index contributed by atoms with van der Waals surface area (Å²) in [5, 5.41) is 4.59. The Bertz CT molecular complexity index is 1050. The summed E-state index contributed by atoms with van der Waals surface area (Å²) in [4.78, 5) is 25.0. The fourth-order valence-corrected chi connectivity index (χ4v) is 5.35. The standard InChI is InChI=1S/C21H24N2O5S2/c1-14(10-21(25)22-13-15-4-3-5-16(11-15)28-2)30(26,27)17-6-7-19-18(12-17)23-20(24)8-9-29-19/h3-7,11-12,14H,8-10,13H2,1-2H3,(H,22,25)(H,23,24). The van der Waals surface area contributed by atoms with Gasteiger partial charge in [0.25, 0.3) is 0 Å². The molecule has 0 fully saturated rings. The molecule has 1 atom stereocenters. The number of sulfone groups is 1. The Hall–Kier alpha value is -2.52. The van der Waals surface area contributed by atoms with Crippen LogP contribution in [0.25, 0.3) is 0 Å². The molecule has 2 amide bonds. The van der Waals surface area contributed by atoms with Crippen molar-refractivity contribution in [3.05, 3.63) is 48.0 Å². The smallest absolute Gasteiger partial charge is 0.225 e. The Morgan fingerprint density at radius 2 is 2.07 bits per heavy atom. The first-order valence-corrected chi connectivity index (χ1v) is 12.0. The molecule has 0 radical (unpaired) electrons. The van der Waals surface area contributed by atoms with Crippen LogP contribution in [0.4, 0.5) is 5.69 Å². The van der Waals surface area contributed by atoms with Crippen molar-refractivity contribution < 1.29 is 22.7 Å². The van der Waals surface area contributed by atoms with Crippen LogP contribution >= 0.6 is 11.8 Å². The third-order valence-corrected chi connectivity index (χ3v) is 7.98. The van der Waals surface area contributed by atoms with Gasteiger partial charge in [-0.05, 0) is 42.8 Å². The van der Waals surface area contributed by atoms with Crippen molar-refractivity contribution in [3.8, 4) is 5.75 Å². The Balaban J connectivity index is 1.66. The third-order valence-electron chi connectivity index (χ3n) is 4.77. The maximum absolute atomic E-state index is 13.0. The largest absolute Gasteiger partial charge is 0.497 e. The lowest BCUT2D eigenvalue weighted by molar-refractivity contribution is -0.121. The van der Waals surface area contributed by atoms with Crippen LogP contribution in [-0.2, 0) is 26.0 Å². The molecule has 1 aliphatic heterocycles. The van der Waals surface area contributed by atoms with Gasteiger partial charge in [-0.2, -0.15) is 0 Å². The van der Waals surface area contributed by atoms with Gasteiger partial charge in [0.1, 0.15) is 5.75 Å². The molecule has 2 aromatic rings. The van der Waals surface area contributed by atoms with E-state index in [4.69, 9.17) is 4.74 Å². The molecule has 0 saturated carbocycles. The number of ether oxygens (including phenoxy) is 1. The van der Waals surface area contributed by atoms with E-state index in [-0.39, 0.29) is 29.7 Å². The highest BCUT2D eigenvalue weighted by atomic mass is 32.2. The van der Waals surface area contributed by atoms with Crippen LogP contribution in [0.1, 0.15) is 25.3 Å². The quantitative estimate of drug-likeness (QED) is 0.675. The van der Waals surface area contributed by atoms with E-state index in [1.807, 2.05) is 18.2 Å². The van der Waals surface area contributed by atoms with Gasteiger partial charge < -0.3 is 15.4 Å². The van der Waals surface area contributed by atoms with E-state index in [1.54, 1.807) is 19.2 Å². The second-order valence-electron chi connectivity index (χ2n) is 6.99. The molecule has 0 aliphatic carbocycles. The predicted molar refractivity (Wildman–Crippen MR) is 117 cm³/mol. The number of benzene rings is 2. The summed E-state index contributed by atoms with van der Waals surface area (Å²) < 4.78 is 31.1. The average Bonchev–Trinajstić information content (AvgIpc) is 2.92. The number of thioether (sulfide) groups is 1. The van der Waals surface area contributed by atoms with Crippen molar-refractivity contribution in [2.45, 2.75) is 41.4 Å². The fraction of sp³-hybridized carbons (Fsp3) is 0.333. The topological polar surface area (TPSA) is 102 Å². The number of rotatable bonds is 7. The normalized spacial score (nSPS) is 14.8. The van der Waals surface area contributed by atoms with Crippen molar-refractivity contribution in [1.82, 2.24) is 5.32 Å². The van der Waals surface area contributed by atoms with E-state index in [9.17, 15) is 18.0 Å². The van der Waals surface area contributed by atoms with Crippen LogP contribution in [0.5, 0.6) is 5.75 Å². The average molecular weight is 449 g/mol. The zero-order chi connectivity index (χ0) is 21.7. The summed E-state index contributed by atoms with van der Waals surface area (Å²) >= 11 is 1.51. The molecule has 0 saturated heterocycles. The molecule has 0 bridgehead atoms. The lowest BCUT2D eigenvalue weighted by atomic mass is 10.2. The Morgan fingerprint density at radius 3 is 2.83 bits per heavy atom. The Morgan fingerprint density at radius 1 is 1.27 bits per heavy atom. The SMILES string of the molecule is COc1cccc(CNC(=O)CC(C)S(=O)(=O)c2ccc3c(c2)NC(=O)CCS3)c1. The number of nitrogens with one attached hydrogen (secondary N) is 2. The number of fused-ring (bicyclic) bond motifs is 1. The number of anilines is 1. The van der Waals surface area contributed by atoms with Crippen molar-refractivity contribution >= 4 is 39.1 Å². The van der Waals surface area contributed by atoms with E-state index < -0.39 is 15.1 Å². The minimum absolute atomic E-state index is 0.0946. The zero-order valence-electron chi connectivity index (χ0n) is 16.8. The molecule has 1 aliphatic rings. The first kappa shape index (κ1) is 22.2. The number of hydrogen-bond acceptors (Lipinski definition) is 6. The molecule has 2 aromatic carbocycles. The summed E-state index contributed by atoms with van der Waals surface area (Å²) in [5.41, 5.74) is 1.36. The number of amides is 2. The molecular formula is C21H24N2O5S2. The second kappa shape index (κ2) is 9.53. The molecule has 7 nitrogen and oxygen atoms in total. The highest BCUT2D eigenvalue weighted by Crippen LogP contribution is 2.33. The van der Waals surface area contributed by atoms with Gasteiger partial charge in [0.05, 0.1) is 22.9 Å². The molecule has 1 heterocycles. The molecule has 2 N–H and O–H groups in total. The van der Waals surface area contributed by atoms with Gasteiger partial charge in [-0.3, -0.25) is 9.59 Å². The highest BCUT2D eigenvalue weighted by molar-refractivity contribution is 7.99. The summed E-state index contributed by atoms with van der Waals surface area (Å²) in [5.74, 6) is 0.842. The minimum Gasteiger partial charge on any atom is -0.497 e. The fourth-order valence-electron chi connectivity index (χ4n) is 3.03. The third kappa shape index (κ3) is 5.34. The van der Waals surface area contributed by atoms with E-state index in [1.165, 1.54) is 30.8 Å². The van der Waals surface area contributed by atoms with Crippen molar-refractivity contribution in [2.24, 2.45) is 0 Å².